The maximum atomic E-state index is 12.7. The van der Waals surface area contributed by atoms with Gasteiger partial charge in [0.1, 0.15) is 5.82 Å². The smallest absolute Gasteiger partial charge is 0.214 e. The molecule has 0 radical (unpaired) electrons. The highest BCUT2D eigenvalue weighted by Crippen LogP contribution is 2.26. The second kappa shape index (κ2) is 5.17. The lowest BCUT2D eigenvalue weighted by molar-refractivity contribution is -0.107. The Labute approximate surface area is 93.9 Å². The first-order valence-electron chi connectivity index (χ1n) is 3.81. The van der Waals surface area contributed by atoms with Gasteiger partial charge in [0.05, 0.1) is 0 Å². The van der Waals surface area contributed by atoms with Crippen LogP contribution in [0, 0.1) is 5.82 Å². The summed E-state index contributed by atoms with van der Waals surface area (Å²) in [6.07, 6.45) is 1.54. The molecule has 78 valence electrons. The molecule has 1 aromatic rings. The van der Waals surface area contributed by atoms with Gasteiger partial charge in [0, 0.05) is 12.2 Å². The van der Waals surface area contributed by atoms with Crippen molar-refractivity contribution in [1.29, 1.82) is 0 Å². The lowest BCUT2D eigenvalue weighted by Crippen LogP contribution is -2.17. The van der Waals surface area contributed by atoms with E-state index in [1.54, 1.807) is 11.0 Å². The van der Waals surface area contributed by atoms with Gasteiger partial charge in [0.25, 0.3) is 0 Å². The molecule has 0 atom stereocenters. The van der Waals surface area contributed by atoms with Crippen LogP contribution < -0.4 is 4.90 Å². The van der Waals surface area contributed by atoms with Crippen LogP contribution >= 0.6 is 24.8 Å². The normalized spacial score (nSPS) is 12.5. The van der Waals surface area contributed by atoms with Crippen LogP contribution in [0.3, 0.4) is 0 Å². The Morgan fingerprint density at radius 1 is 1.36 bits per heavy atom. The van der Waals surface area contributed by atoms with E-state index >= 15 is 0 Å². The van der Waals surface area contributed by atoms with Gasteiger partial charge in [-0.15, -0.1) is 24.8 Å². The van der Waals surface area contributed by atoms with Gasteiger partial charge in [-0.2, -0.15) is 0 Å². The number of carbonyl (C=O) groups is 1. The molecule has 0 bridgehead atoms. The maximum Gasteiger partial charge on any atom is 0.214 e. The van der Waals surface area contributed by atoms with Gasteiger partial charge in [0.15, 0.2) is 0 Å². The summed E-state index contributed by atoms with van der Waals surface area (Å²) in [5.41, 5.74) is 1.76. The summed E-state index contributed by atoms with van der Waals surface area (Å²) >= 11 is 0. The molecular formula is C9H10Cl2FNO. The highest BCUT2D eigenvalue weighted by Gasteiger charge is 2.17. The van der Waals surface area contributed by atoms with E-state index in [9.17, 15) is 9.18 Å². The lowest BCUT2D eigenvalue weighted by atomic mass is 10.2. The topological polar surface area (TPSA) is 20.3 Å². The van der Waals surface area contributed by atoms with Gasteiger partial charge >= 0.3 is 0 Å². The Morgan fingerprint density at radius 3 is 2.71 bits per heavy atom. The van der Waals surface area contributed by atoms with Crippen LogP contribution in [-0.2, 0) is 11.2 Å². The molecule has 0 fully saturated rings. The molecule has 1 aliphatic heterocycles. The van der Waals surface area contributed by atoms with E-state index in [1.807, 2.05) is 0 Å². The highest BCUT2D eigenvalue weighted by molar-refractivity contribution is 5.85. The van der Waals surface area contributed by atoms with E-state index in [1.165, 1.54) is 12.1 Å². The molecule has 0 saturated heterocycles. The molecule has 1 aromatic carbocycles. The van der Waals surface area contributed by atoms with Gasteiger partial charge in [-0.1, -0.05) is 0 Å². The summed E-state index contributed by atoms with van der Waals surface area (Å²) in [6, 6.07) is 4.51. The van der Waals surface area contributed by atoms with E-state index in [0.29, 0.717) is 6.54 Å². The first kappa shape index (κ1) is 13.2. The van der Waals surface area contributed by atoms with Gasteiger partial charge in [-0.05, 0) is 30.2 Å². The SMILES string of the molecule is Cl.Cl.O=CN1CCc2cc(F)ccc21. The summed E-state index contributed by atoms with van der Waals surface area (Å²) in [7, 11) is 0. The number of amides is 1. The standard InChI is InChI=1S/C9H8FNO.2ClH/c10-8-1-2-9-7(5-8)3-4-11(9)6-12;;/h1-2,5-6H,3-4H2;2*1H. The molecule has 0 saturated carbocycles. The van der Waals surface area contributed by atoms with Gasteiger partial charge in [-0.25, -0.2) is 4.39 Å². The van der Waals surface area contributed by atoms with Crippen LogP contribution in [0.5, 0.6) is 0 Å². The average Bonchev–Trinajstić information content (AvgIpc) is 2.46. The third-order valence-electron chi connectivity index (χ3n) is 2.10. The second-order valence-corrected chi connectivity index (χ2v) is 2.82. The molecule has 14 heavy (non-hydrogen) atoms. The number of carbonyl (C=O) groups excluding carboxylic acids is 1. The Morgan fingerprint density at radius 2 is 2.07 bits per heavy atom. The molecule has 2 nitrogen and oxygen atoms in total. The monoisotopic (exact) mass is 237 g/mol. The van der Waals surface area contributed by atoms with Crippen LogP contribution in [0.2, 0.25) is 0 Å². The van der Waals surface area contributed by atoms with E-state index in [0.717, 1.165) is 24.1 Å². The van der Waals surface area contributed by atoms with Crippen LogP contribution in [-0.4, -0.2) is 13.0 Å². The van der Waals surface area contributed by atoms with Crippen molar-refractivity contribution in [1.82, 2.24) is 0 Å². The third kappa shape index (κ3) is 2.16. The fraction of sp³-hybridized carbons (Fsp3) is 0.222. The maximum absolute atomic E-state index is 12.7. The second-order valence-electron chi connectivity index (χ2n) is 2.82. The van der Waals surface area contributed by atoms with Crippen molar-refractivity contribution in [2.45, 2.75) is 6.42 Å². The molecule has 1 amide bonds. The first-order valence-corrected chi connectivity index (χ1v) is 3.81. The van der Waals surface area contributed by atoms with Crippen LogP contribution in [0.1, 0.15) is 5.56 Å². The number of rotatable bonds is 1. The summed E-state index contributed by atoms with van der Waals surface area (Å²) in [5.74, 6) is -0.235. The minimum Gasteiger partial charge on any atom is -0.314 e. The van der Waals surface area contributed by atoms with Crippen molar-refractivity contribution in [3.63, 3.8) is 0 Å². The fourth-order valence-electron chi connectivity index (χ4n) is 1.51. The van der Waals surface area contributed by atoms with Crippen molar-refractivity contribution in [3.05, 3.63) is 29.6 Å². The molecule has 0 aliphatic carbocycles. The summed E-state index contributed by atoms with van der Waals surface area (Å²) in [6.45, 7) is 0.669. The molecule has 0 aromatic heterocycles. The Bertz CT molecular complexity index is 333. The number of benzene rings is 1. The number of nitrogens with zero attached hydrogens (tertiary/aromatic N) is 1. The van der Waals surface area contributed by atoms with E-state index in [4.69, 9.17) is 0 Å². The Balaban J connectivity index is 0.000000845. The van der Waals surface area contributed by atoms with E-state index in [2.05, 4.69) is 0 Å². The molecule has 0 N–H and O–H groups in total. The minimum absolute atomic E-state index is 0. The van der Waals surface area contributed by atoms with E-state index in [-0.39, 0.29) is 30.6 Å². The number of hydrogen-bond acceptors (Lipinski definition) is 1. The van der Waals surface area contributed by atoms with E-state index < -0.39 is 0 Å². The fourth-order valence-corrected chi connectivity index (χ4v) is 1.51. The largest absolute Gasteiger partial charge is 0.314 e. The van der Waals surface area contributed by atoms with Crippen molar-refractivity contribution in [2.75, 3.05) is 11.4 Å². The number of halogens is 3. The molecule has 5 heteroatoms. The van der Waals surface area contributed by atoms with Crippen LogP contribution in [0.15, 0.2) is 18.2 Å². The van der Waals surface area contributed by atoms with Gasteiger partial charge < -0.3 is 4.90 Å². The number of hydrogen-bond donors (Lipinski definition) is 0. The average molecular weight is 238 g/mol. The zero-order valence-corrected chi connectivity index (χ0v) is 8.91. The van der Waals surface area contributed by atoms with Crippen molar-refractivity contribution >= 4 is 36.9 Å². The Kier molecular flexibility index (Phi) is 4.88. The minimum atomic E-state index is -0.235. The van der Waals surface area contributed by atoms with Crippen molar-refractivity contribution in [3.8, 4) is 0 Å². The third-order valence-corrected chi connectivity index (χ3v) is 2.10. The lowest BCUT2D eigenvalue weighted by Gasteiger charge is -2.08. The van der Waals surface area contributed by atoms with Crippen LogP contribution in [0.4, 0.5) is 10.1 Å². The Hall–Kier alpha value is -0.800. The molecule has 0 spiro atoms. The molecule has 0 unspecified atom stereocenters. The quantitative estimate of drug-likeness (QED) is 0.686. The first-order chi connectivity index (χ1) is 5.81. The zero-order valence-electron chi connectivity index (χ0n) is 7.27. The van der Waals surface area contributed by atoms with Gasteiger partial charge in [0.2, 0.25) is 6.41 Å². The predicted octanol–water partition coefficient (Wildman–Crippen LogP) is 2.19. The van der Waals surface area contributed by atoms with Crippen molar-refractivity contribution < 1.29 is 9.18 Å². The van der Waals surface area contributed by atoms with Crippen LogP contribution in [0.25, 0.3) is 0 Å². The number of fused-ring (bicyclic) bond motifs is 1. The van der Waals surface area contributed by atoms with Crippen molar-refractivity contribution in [2.24, 2.45) is 0 Å². The molecule has 1 heterocycles. The summed E-state index contributed by atoms with van der Waals surface area (Å²) in [4.78, 5) is 12.1. The molecule has 2 rings (SSSR count). The van der Waals surface area contributed by atoms with Gasteiger partial charge in [-0.3, -0.25) is 4.79 Å². The molecular weight excluding hydrogens is 228 g/mol. The highest BCUT2D eigenvalue weighted by atomic mass is 35.5. The number of anilines is 1. The summed E-state index contributed by atoms with van der Waals surface area (Å²) < 4.78 is 12.7. The molecule has 1 aliphatic rings. The zero-order chi connectivity index (χ0) is 8.55. The predicted molar refractivity (Wildman–Crippen MR) is 58.0 cm³/mol. The summed E-state index contributed by atoms with van der Waals surface area (Å²) in [5, 5.41) is 0.